The first-order valence-electron chi connectivity index (χ1n) is 10.9. The van der Waals surface area contributed by atoms with Crippen LogP contribution in [0.3, 0.4) is 0 Å². The number of rotatable bonds is 6. The highest BCUT2D eigenvalue weighted by Gasteiger charge is 2.22. The quantitative estimate of drug-likeness (QED) is 0.470. The van der Waals surface area contributed by atoms with E-state index in [-0.39, 0.29) is 5.91 Å². The predicted molar refractivity (Wildman–Crippen MR) is 126 cm³/mol. The van der Waals surface area contributed by atoms with E-state index in [4.69, 9.17) is 21.7 Å². The average Bonchev–Trinajstić information content (AvgIpc) is 2.81. The number of benzene rings is 2. The SMILES string of the molecule is O=C(O)NC[C@H]1CC[C@H](CNC(=O)c2cc(-c3ccc(Cl)cc3)nc3ccccc23)CC1. The van der Waals surface area contributed by atoms with E-state index in [0.29, 0.717) is 35.5 Å². The van der Waals surface area contributed by atoms with Crippen LogP contribution in [-0.2, 0) is 0 Å². The zero-order valence-electron chi connectivity index (χ0n) is 17.7. The molecule has 1 aromatic heterocycles. The molecular weight excluding hydrogens is 426 g/mol. The van der Waals surface area contributed by atoms with Crippen LogP contribution in [0.1, 0.15) is 36.0 Å². The van der Waals surface area contributed by atoms with E-state index in [1.165, 1.54) is 0 Å². The van der Waals surface area contributed by atoms with Crippen molar-refractivity contribution in [3.63, 3.8) is 0 Å². The lowest BCUT2D eigenvalue weighted by molar-refractivity contribution is 0.0942. The van der Waals surface area contributed by atoms with Crippen LogP contribution in [0.5, 0.6) is 0 Å². The molecule has 2 aromatic carbocycles. The van der Waals surface area contributed by atoms with Gasteiger partial charge in [0.25, 0.3) is 5.91 Å². The van der Waals surface area contributed by atoms with E-state index in [1.54, 1.807) is 0 Å². The topological polar surface area (TPSA) is 91.3 Å². The summed E-state index contributed by atoms with van der Waals surface area (Å²) in [5, 5.41) is 15.8. The number of nitrogens with one attached hydrogen (secondary N) is 2. The van der Waals surface area contributed by atoms with E-state index >= 15 is 0 Å². The molecule has 0 radical (unpaired) electrons. The van der Waals surface area contributed by atoms with E-state index in [9.17, 15) is 9.59 Å². The third kappa shape index (κ3) is 5.37. The second-order valence-electron chi connectivity index (χ2n) is 8.36. The molecule has 2 amide bonds. The largest absolute Gasteiger partial charge is 0.465 e. The zero-order chi connectivity index (χ0) is 22.5. The van der Waals surface area contributed by atoms with Crippen molar-refractivity contribution in [2.24, 2.45) is 11.8 Å². The smallest absolute Gasteiger partial charge is 0.404 e. The van der Waals surface area contributed by atoms with Gasteiger partial charge in [-0.25, -0.2) is 9.78 Å². The summed E-state index contributed by atoms with van der Waals surface area (Å²) in [5.74, 6) is 0.682. The molecule has 0 aliphatic heterocycles. The minimum absolute atomic E-state index is 0.103. The molecule has 3 N–H and O–H groups in total. The Labute approximate surface area is 192 Å². The van der Waals surface area contributed by atoms with Gasteiger partial charge in [0.2, 0.25) is 0 Å². The summed E-state index contributed by atoms with van der Waals surface area (Å²) < 4.78 is 0. The molecule has 0 saturated heterocycles. The Kier molecular flexibility index (Phi) is 6.90. The summed E-state index contributed by atoms with van der Waals surface area (Å²) >= 11 is 6.02. The first-order valence-corrected chi connectivity index (χ1v) is 11.3. The van der Waals surface area contributed by atoms with Gasteiger partial charge in [0.15, 0.2) is 0 Å². The normalized spacial score (nSPS) is 18.3. The fourth-order valence-corrected chi connectivity index (χ4v) is 4.46. The maximum atomic E-state index is 13.1. The van der Waals surface area contributed by atoms with Crippen molar-refractivity contribution in [3.8, 4) is 11.3 Å². The van der Waals surface area contributed by atoms with Gasteiger partial charge in [0, 0.05) is 29.1 Å². The van der Waals surface area contributed by atoms with Crippen molar-refractivity contribution in [2.75, 3.05) is 13.1 Å². The summed E-state index contributed by atoms with van der Waals surface area (Å²) in [6, 6.07) is 16.9. The van der Waals surface area contributed by atoms with E-state index < -0.39 is 6.09 Å². The number of carboxylic acid groups (broad SMARTS) is 1. The van der Waals surface area contributed by atoms with Crippen molar-refractivity contribution in [3.05, 3.63) is 65.2 Å². The maximum absolute atomic E-state index is 13.1. The average molecular weight is 452 g/mol. The van der Waals surface area contributed by atoms with Crippen LogP contribution in [0.2, 0.25) is 5.02 Å². The number of halogens is 1. The van der Waals surface area contributed by atoms with Crippen LogP contribution in [0.15, 0.2) is 54.6 Å². The van der Waals surface area contributed by atoms with Crippen molar-refractivity contribution >= 4 is 34.5 Å². The molecule has 166 valence electrons. The lowest BCUT2D eigenvalue weighted by atomic mass is 9.82. The van der Waals surface area contributed by atoms with Gasteiger partial charge < -0.3 is 15.7 Å². The molecule has 7 heteroatoms. The number of aromatic nitrogens is 1. The van der Waals surface area contributed by atoms with Crippen LogP contribution in [-0.4, -0.2) is 35.2 Å². The predicted octanol–water partition coefficient (Wildman–Crippen LogP) is 5.36. The van der Waals surface area contributed by atoms with Gasteiger partial charge in [-0.15, -0.1) is 0 Å². The number of fused-ring (bicyclic) bond motifs is 1. The summed E-state index contributed by atoms with van der Waals surface area (Å²) in [5.41, 5.74) is 3.02. The summed E-state index contributed by atoms with van der Waals surface area (Å²) in [4.78, 5) is 28.6. The molecule has 1 fully saturated rings. The van der Waals surface area contributed by atoms with Crippen molar-refractivity contribution in [1.29, 1.82) is 0 Å². The number of carbonyl (C=O) groups is 2. The second kappa shape index (κ2) is 10.0. The lowest BCUT2D eigenvalue weighted by Crippen LogP contribution is -2.34. The minimum Gasteiger partial charge on any atom is -0.465 e. The van der Waals surface area contributed by atoms with Gasteiger partial charge in [0.1, 0.15) is 0 Å². The van der Waals surface area contributed by atoms with Gasteiger partial charge in [-0.2, -0.15) is 0 Å². The van der Waals surface area contributed by atoms with Crippen molar-refractivity contribution in [2.45, 2.75) is 25.7 Å². The van der Waals surface area contributed by atoms with Crippen LogP contribution in [0.25, 0.3) is 22.2 Å². The Balaban J connectivity index is 1.45. The third-order valence-electron chi connectivity index (χ3n) is 6.16. The standard InChI is InChI=1S/C25H26ClN3O3/c26-19-11-9-18(10-12-19)23-13-21(20-3-1-2-4-22(20)29-23)24(30)27-14-16-5-7-17(8-6-16)15-28-25(31)32/h1-4,9-13,16-17,28H,5-8,14-15H2,(H,27,30)(H,31,32)/t16-,17-. The molecule has 1 aliphatic rings. The number of carbonyl (C=O) groups excluding carboxylic acids is 1. The van der Waals surface area contributed by atoms with Crippen LogP contribution in [0, 0.1) is 11.8 Å². The van der Waals surface area contributed by atoms with Crippen LogP contribution < -0.4 is 10.6 Å². The number of pyridine rings is 1. The van der Waals surface area contributed by atoms with Gasteiger partial charge in [-0.3, -0.25) is 4.79 Å². The van der Waals surface area contributed by atoms with Gasteiger partial charge in [-0.1, -0.05) is 41.9 Å². The van der Waals surface area contributed by atoms with E-state index in [1.807, 2.05) is 54.6 Å². The van der Waals surface area contributed by atoms with Crippen LogP contribution >= 0.6 is 11.6 Å². The summed E-state index contributed by atoms with van der Waals surface area (Å²) in [6.45, 7) is 1.12. The molecule has 1 aliphatic carbocycles. The van der Waals surface area contributed by atoms with E-state index in [0.717, 1.165) is 47.8 Å². The molecule has 4 rings (SSSR count). The Morgan fingerprint density at radius 1 is 0.938 bits per heavy atom. The monoisotopic (exact) mass is 451 g/mol. The Hall–Kier alpha value is -3.12. The first kappa shape index (κ1) is 22.1. The highest BCUT2D eigenvalue weighted by atomic mass is 35.5. The second-order valence-corrected chi connectivity index (χ2v) is 8.80. The molecule has 0 spiro atoms. The molecule has 0 unspecified atom stereocenters. The molecule has 32 heavy (non-hydrogen) atoms. The van der Waals surface area contributed by atoms with Crippen molar-refractivity contribution in [1.82, 2.24) is 15.6 Å². The van der Waals surface area contributed by atoms with E-state index in [2.05, 4.69) is 10.6 Å². The van der Waals surface area contributed by atoms with Crippen molar-refractivity contribution < 1.29 is 14.7 Å². The minimum atomic E-state index is -0.970. The molecule has 6 nitrogen and oxygen atoms in total. The molecular formula is C25H26ClN3O3. The third-order valence-corrected chi connectivity index (χ3v) is 6.41. The number of hydrogen-bond donors (Lipinski definition) is 3. The number of nitrogens with zero attached hydrogens (tertiary/aromatic N) is 1. The maximum Gasteiger partial charge on any atom is 0.404 e. The lowest BCUT2D eigenvalue weighted by Gasteiger charge is -2.28. The Bertz CT molecular complexity index is 1110. The van der Waals surface area contributed by atoms with Gasteiger partial charge >= 0.3 is 6.09 Å². The van der Waals surface area contributed by atoms with Crippen LogP contribution in [0.4, 0.5) is 4.79 Å². The molecule has 3 aromatic rings. The number of hydrogen-bond acceptors (Lipinski definition) is 3. The summed E-state index contributed by atoms with van der Waals surface area (Å²) in [6.07, 6.45) is 2.94. The van der Waals surface area contributed by atoms with Gasteiger partial charge in [-0.05, 0) is 61.8 Å². The molecule has 1 heterocycles. The molecule has 0 bridgehead atoms. The summed E-state index contributed by atoms with van der Waals surface area (Å²) in [7, 11) is 0. The molecule has 0 atom stereocenters. The first-order chi connectivity index (χ1) is 15.5. The Morgan fingerprint density at radius 3 is 2.22 bits per heavy atom. The highest BCUT2D eigenvalue weighted by molar-refractivity contribution is 6.30. The fraction of sp³-hybridized carbons (Fsp3) is 0.320. The highest BCUT2D eigenvalue weighted by Crippen LogP contribution is 2.29. The fourth-order valence-electron chi connectivity index (χ4n) is 4.34. The van der Waals surface area contributed by atoms with Gasteiger partial charge in [0.05, 0.1) is 16.8 Å². The molecule has 1 saturated carbocycles. The number of para-hydroxylation sites is 1. The zero-order valence-corrected chi connectivity index (χ0v) is 18.4. The Morgan fingerprint density at radius 2 is 1.56 bits per heavy atom. The number of amides is 2.